The molecule has 0 aromatic heterocycles. The van der Waals surface area contributed by atoms with Crippen LogP contribution in [0.3, 0.4) is 0 Å². The van der Waals surface area contributed by atoms with E-state index in [-0.39, 0.29) is 6.04 Å². The Bertz CT molecular complexity index is 719. The quantitative estimate of drug-likeness (QED) is 0.611. The monoisotopic (exact) mass is 347 g/mol. The number of aryl methyl sites for hydroxylation is 2. The van der Waals surface area contributed by atoms with E-state index in [0.29, 0.717) is 12.0 Å². The second-order valence-corrected chi connectivity index (χ2v) is 6.26. The number of hydrogen-bond acceptors (Lipinski definition) is 1. The zero-order valence-electron chi connectivity index (χ0n) is 14.7. The molecule has 0 amide bonds. The third-order valence-electron chi connectivity index (χ3n) is 4.38. The zero-order chi connectivity index (χ0) is 18.4. The maximum Gasteiger partial charge on any atom is 0.416 e. The summed E-state index contributed by atoms with van der Waals surface area (Å²) in [4.78, 5) is 0. The molecule has 0 fully saturated rings. The molecule has 1 N–H and O–H groups in total. The van der Waals surface area contributed by atoms with Gasteiger partial charge >= 0.3 is 6.18 Å². The third-order valence-corrected chi connectivity index (χ3v) is 4.38. The highest BCUT2D eigenvalue weighted by Crippen LogP contribution is 2.29. The van der Waals surface area contributed by atoms with Gasteiger partial charge in [-0.3, -0.25) is 0 Å². The van der Waals surface area contributed by atoms with Gasteiger partial charge in [0.25, 0.3) is 0 Å². The summed E-state index contributed by atoms with van der Waals surface area (Å²) in [5.41, 5.74) is 3.65. The average molecular weight is 347 g/mol. The fourth-order valence-electron chi connectivity index (χ4n) is 2.98. The van der Waals surface area contributed by atoms with Crippen molar-refractivity contribution in [3.8, 4) is 0 Å². The van der Waals surface area contributed by atoms with Gasteiger partial charge in [-0.2, -0.15) is 13.2 Å². The molecule has 0 aliphatic rings. The number of alkyl halides is 3. The summed E-state index contributed by atoms with van der Waals surface area (Å²) in [5, 5.41) is 3.45. The van der Waals surface area contributed by atoms with Gasteiger partial charge in [-0.1, -0.05) is 49.1 Å². The van der Waals surface area contributed by atoms with E-state index < -0.39 is 11.7 Å². The van der Waals surface area contributed by atoms with Crippen LogP contribution in [-0.2, 0) is 12.6 Å². The largest absolute Gasteiger partial charge is 0.416 e. The van der Waals surface area contributed by atoms with E-state index in [2.05, 4.69) is 37.9 Å². The second-order valence-electron chi connectivity index (χ2n) is 6.26. The minimum Gasteiger partial charge on any atom is -0.310 e. The Labute approximate surface area is 147 Å². The van der Waals surface area contributed by atoms with E-state index in [0.717, 1.165) is 24.6 Å². The number of hydrogen-bond donors (Lipinski definition) is 1. The Morgan fingerprint density at radius 3 is 2.56 bits per heavy atom. The summed E-state index contributed by atoms with van der Waals surface area (Å²) < 4.78 is 38.2. The normalized spacial score (nSPS) is 12.8. The van der Waals surface area contributed by atoms with Crippen LogP contribution in [0.4, 0.5) is 13.2 Å². The molecule has 0 saturated heterocycles. The molecular formula is C21H24F3N. The Balaban J connectivity index is 1.89. The summed E-state index contributed by atoms with van der Waals surface area (Å²) in [6.07, 6.45) is -1.02. The van der Waals surface area contributed by atoms with Crippen molar-refractivity contribution in [1.82, 2.24) is 5.32 Å². The summed E-state index contributed by atoms with van der Waals surface area (Å²) >= 11 is 0. The van der Waals surface area contributed by atoms with Crippen molar-refractivity contribution >= 4 is 6.08 Å². The molecule has 0 aliphatic carbocycles. The van der Waals surface area contributed by atoms with Crippen LogP contribution in [0, 0.1) is 6.92 Å². The highest BCUT2D eigenvalue weighted by Gasteiger charge is 2.30. The van der Waals surface area contributed by atoms with E-state index in [1.54, 1.807) is 6.07 Å². The molecular weight excluding hydrogens is 323 g/mol. The highest BCUT2D eigenvalue weighted by molar-refractivity contribution is 5.57. The van der Waals surface area contributed by atoms with Crippen molar-refractivity contribution in [1.29, 1.82) is 0 Å². The van der Waals surface area contributed by atoms with Gasteiger partial charge in [0, 0.05) is 6.04 Å². The van der Waals surface area contributed by atoms with E-state index >= 15 is 0 Å². The molecule has 4 heteroatoms. The molecule has 0 saturated carbocycles. The maximum atomic E-state index is 12.7. The predicted octanol–water partition coefficient (Wildman–Crippen LogP) is 5.94. The van der Waals surface area contributed by atoms with Crippen LogP contribution in [0.1, 0.15) is 47.2 Å². The Hall–Kier alpha value is -2.07. The van der Waals surface area contributed by atoms with Crippen molar-refractivity contribution in [2.24, 2.45) is 0 Å². The molecule has 134 valence electrons. The fourth-order valence-corrected chi connectivity index (χ4v) is 2.98. The van der Waals surface area contributed by atoms with E-state index in [9.17, 15) is 13.2 Å². The summed E-state index contributed by atoms with van der Waals surface area (Å²) in [6, 6.07) is 11.9. The fraction of sp³-hybridized carbons (Fsp3) is 0.333. The van der Waals surface area contributed by atoms with Gasteiger partial charge in [-0.05, 0) is 61.6 Å². The van der Waals surface area contributed by atoms with E-state index in [4.69, 9.17) is 0 Å². The molecule has 25 heavy (non-hydrogen) atoms. The lowest BCUT2D eigenvalue weighted by atomic mass is 9.97. The van der Waals surface area contributed by atoms with E-state index in [1.807, 2.05) is 12.1 Å². The van der Waals surface area contributed by atoms with Crippen LogP contribution in [0.2, 0.25) is 0 Å². The van der Waals surface area contributed by atoms with Gasteiger partial charge in [-0.25, -0.2) is 0 Å². The maximum absolute atomic E-state index is 12.7. The number of benzene rings is 2. The van der Waals surface area contributed by atoms with Crippen LogP contribution in [0.15, 0.2) is 49.0 Å². The topological polar surface area (TPSA) is 12.0 Å². The Kier molecular flexibility index (Phi) is 6.43. The standard InChI is InChI=1S/C21H24F3N/c1-4-19-15(2)8-5-12-20(19)16(3)25-13-7-10-17-9-6-11-18(14-17)21(22,23)24/h4-6,8-9,11-12,14,16,25H,1,7,10,13H2,2-3H3. The lowest BCUT2D eigenvalue weighted by Crippen LogP contribution is -2.21. The minimum atomic E-state index is -4.28. The molecule has 1 nitrogen and oxygen atoms in total. The predicted molar refractivity (Wildman–Crippen MR) is 97.5 cm³/mol. The van der Waals surface area contributed by atoms with Gasteiger partial charge in [0.05, 0.1) is 5.56 Å². The summed E-state index contributed by atoms with van der Waals surface area (Å²) in [7, 11) is 0. The van der Waals surface area contributed by atoms with Crippen LogP contribution >= 0.6 is 0 Å². The van der Waals surface area contributed by atoms with Crippen molar-refractivity contribution in [2.45, 2.75) is 38.9 Å². The molecule has 2 rings (SSSR count). The summed E-state index contributed by atoms with van der Waals surface area (Å²) in [5.74, 6) is 0. The molecule has 2 aromatic carbocycles. The third kappa shape index (κ3) is 5.20. The average Bonchev–Trinajstić information content (AvgIpc) is 2.58. The molecule has 0 bridgehead atoms. The SMILES string of the molecule is C=Cc1c(C)cccc1C(C)NCCCc1cccc(C(F)(F)F)c1. The molecule has 0 radical (unpaired) electrons. The first kappa shape index (κ1) is 19.3. The first-order valence-corrected chi connectivity index (χ1v) is 8.44. The minimum absolute atomic E-state index is 0.161. The van der Waals surface area contributed by atoms with Gasteiger partial charge in [0.2, 0.25) is 0 Å². The van der Waals surface area contributed by atoms with Crippen molar-refractivity contribution in [2.75, 3.05) is 6.54 Å². The molecule has 2 aromatic rings. The number of rotatable bonds is 7. The second kappa shape index (κ2) is 8.34. The Morgan fingerprint density at radius 1 is 1.16 bits per heavy atom. The Morgan fingerprint density at radius 2 is 1.88 bits per heavy atom. The molecule has 0 heterocycles. The molecule has 1 unspecified atom stereocenters. The van der Waals surface area contributed by atoms with Gasteiger partial charge < -0.3 is 5.32 Å². The first-order valence-electron chi connectivity index (χ1n) is 8.44. The zero-order valence-corrected chi connectivity index (χ0v) is 14.7. The van der Waals surface area contributed by atoms with Crippen LogP contribution in [-0.4, -0.2) is 6.54 Å². The van der Waals surface area contributed by atoms with Gasteiger partial charge in [0.1, 0.15) is 0 Å². The van der Waals surface area contributed by atoms with Crippen molar-refractivity contribution in [3.05, 3.63) is 76.9 Å². The lowest BCUT2D eigenvalue weighted by molar-refractivity contribution is -0.137. The number of halogens is 3. The summed E-state index contributed by atoms with van der Waals surface area (Å²) in [6.45, 7) is 8.76. The van der Waals surface area contributed by atoms with Crippen molar-refractivity contribution in [3.63, 3.8) is 0 Å². The smallest absolute Gasteiger partial charge is 0.310 e. The van der Waals surface area contributed by atoms with Gasteiger partial charge in [0.15, 0.2) is 0 Å². The number of nitrogens with one attached hydrogen (secondary N) is 1. The van der Waals surface area contributed by atoms with E-state index in [1.165, 1.54) is 23.3 Å². The van der Waals surface area contributed by atoms with Gasteiger partial charge in [-0.15, -0.1) is 0 Å². The molecule has 0 aliphatic heterocycles. The molecule has 0 spiro atoms. The first-order chi connectivity index (χ1) is 11.8. The molecule has 1 atom stereocenters. The van der Waals surface area contributed by atoms with Crippen LogP contribution in [0.25, 0.3) is 6.08 Å². The van der Waals surface area contributed by atoms with Crippen LogP contribution < -0.4 is 5.32 Å². The highest BCUT2D eigenvalue weighted by atomic mass is 19.4. The lowest BCUT2D eigenvalue weighted by Gasteiger charge is -2.18. The van der Waals surface area contributed by atoms with Crippen molar-refractivity contribution < 1.29 is 13.2 Å². The van der Waals surface area contributed by atoms with Crippen LogP contribution in [0.5, 0.6) is 0 Å².